The zero-order chi connectivity index (χ0) is 56.1. The van der Waals surface area contributed by atoms with Crippen LogP contribution in [0, 0.1) is 28.9 Å². The average molecular weight is 1120 g/mol. The number of aryl methyl sites for hydroxylation is 1. The number of nitro benzene ring substituents is 1. The van der Waals surface area contributed by atoms with Gasteiger partial charge in [-0.3, -0.25) is 19.8 Å². The van der Waals surface area contributed by atoms with E-state index in [0.29, 0.717) is 77.9 Å². The van der Waals surface area contributed by atoms with Crippen molar-refractivity contribution >= 4 is 23.6 Å². The maximum absolute atomic E-state index is 13.0. The van der Waals surface area contributed by atoms with Gasteiger partial charge in [0.1, 0.15) is 12.2 Å². The van der Waals surface area contributed by atoms with Gasteiger partial charge < -0.3 is 64.5 Å². The molecule has 0 radical (unpaired) electrons. The number of fused-ring (bicyclic) bond motifs is 2. The molecule has 2 amide bonds. The number of aliphatic hydroxyl groups excluding tert-OH is 2. The Labute approximate surface area is 466 Å². The van der Waals surface area contributed by atoms with Crippen molar-refractivity contribution in [2.45, 2.75) is 126 Å². The quantitative estimate of drug-likeness (QED) is 0.0332. The number of benzene rings is 4. The Morgan fingerprint density at radius 2 is 1.19 bits per heavy atom. The van der Waals surface area contributed by atoms with Gasteiger partial charge in [-0.2, -0.15) is 10.5 Å². The number of nitrogens with two attached hydrogens (primary N) is 1. The molecule has 6 fully saturated rings. The summed E-state index contributed by atoms with van der Waals surface area (Å²) in [4.78, 5) is 47.4. The second-order valence-electron chi connectivity index (χ2n) is 20.8. The van der Waals surface area contributed by atoms with Gasteiger partial charge in [-0.15, -0.1) is 0 Å². The van der Waals surface area contributed by atoms with Gasteiger partial charge in [0, 0.05) is 57.3 Å². The van der Waals surface area contributed by atoms with E-state index in [1.165, 1.54) is 6.07 Å². The predicted octanol–water partition coefficient (Wildman–Crippen LogP) is 5.69. The van der Waals surface area contributed by atoms with Crippen molar-refractivity contribution in [1.29, 1.82) is 0 Å². The largest absolute Gasteiger partial charge is 0.443 e. The minimum Gasteiger partial charge on any atom is -0.443 e. The molecular weight excluding hydrogens is 1040 g/mol. The number of hydrogen-bond donors (Lipinski definition) is 6. The number of amides is 2. The van der Waals surface area contributed by atoms with Crippen LogP contribution in [0.2, 0.25) is 0 Å². The van der Waals surface area contributed by atoms with Gasteiger partial charge >= 0.3 is 12.2 Å². The zero-order valence-electron chi connectivity index (χ0n) is 45.3. The number of carbonyl (C=O) groups is 2. The van der Waals surface area contributed by atoms with Gasteiger partial charge in [-0.25, -0.2) is 9.59 Å². The van der Waals surface area contributed by atoms with Crippen LogP contribution in [0.3, 0.4) is 0 Å². The molecule has 0 bridgehead atoms. The van der Waals surface area contributed by atoms with E-state index in [2.05, 4.69) is 16.1 Å². The van der Waals surface area contributed by atoms with Gasteiger partial charge in [-0.1, -0.05) is 84.9 Å². The summed E-state index contributed by atoms with van der Waals surface area (Å²) in [6.45, 7) is 7.10. The zero-order valence-corrected chi connectivity index (χ0v) is 45.3. The van der Waals surface area contributed by atoms with Crippen LogP contribution in [0.5, 0.6) is 0 Å². The highest BCUT2D eigenvalue weighted by Crippen LogP contribution is 2.34. The summed E-state index contributed by atoms with van der Waals surface area (Å²) in [5.74, 6) is 0.104. The van der Waals surface area contributed by atoms with Crippen molar-refractivity contribution in [3.63, 3.8) is 0 Å². The third-order valence-corrected chi connectivity index (χ3v) is 14.7. The first-order chi connectivity index (χ1) is 38.9. The van der Waals surface area contributed by atoms with E-state index in [0.717, 1.165) is 60.8 Å². The second-order valence-corrected chi connectivity index (χ2v) is 20.8. The molecular formula is C58H78N6O16. The van der Waals surface area contributed by atoms with Gasteiger partial charge in [0.05, 0.1) is 86.2 Å². The number of nitro groups is 1. The molecule has 6 aliphatic heterocycles. The number of nitrogens with one attached hydrogen (secondary N) is 3. The molecule has 6 saturated heterocycles. The Morgan fingerprint density at radius 1 is 0.662 bits per heavy atom. The number of rotatable bonds is 21. The molecule has 10 atom stereocenters. The molecule has 22 nitrogen and oxygen atoms in total. The molecule has 22 heteroatoms. The highest BCUT2D eigenvalue weighted by molar-refractivity contribution is 5.68. The number of hydrogen-bond acceptors (Lipinski definition) is 19. The van der Waals surface area contributed by atoms with Crippen LogP contribution in [-0.2, 0) is 67.0 Å². The van der Waals surface area contributed by atoms with Crippen LogP contribution in [0.1, 0.15) is 60.8 Å². The van der Waals surface area contributed by atoms with Crippen LogP contribution in [0.15, 0.2) is 109 Å². The van der Waals surface area contributed by atoms with Crippen LogP contribution in [0.4, 0.5) is 21.0 Å². The summed E-state index contributed by atoms with van der Waals surface area (Å²) in [5.41, 5.74) is 13.6. The fraction of sp³-hybridized carbons (Fsp3) is 0.552. The monoisotopic (exact) mass is 1110 g/mol. The summed E-state index contributed by atoms with van der Waals surface area (Å²) in [7, 11) is 0. The summed E-state index contributed by atoms with van der Waals surface area (Å²) < 4.78 is 44.3. The van der Waals surface area contributed by atoms with E-state index < -0.39 is 41.4 Å². The van der Waals surface area contributed by atoms with Gasteiger partial charge in [-0.05, 0) is 92.7 Å². The van der Waals surface area contributed by atoms with Crippen LogP contribution >= 0.6 is 0 Å². The van der Waals surface area contributed by atoms with E-state index in [4.69, 9.17) is 53.3 Å². The maximum atomic E-state index is 13.0. The average Bonchev–Trinajstić information content (AvgIpc) is 4.31. The van der Waals surface area contributed by atoms with Crippen molar-refractivity contribution in [2.75, 3.05) is 71.7 Å². The van der Waals surface area contributed by atoms with Gasteiger partial charge in [0.25, 0.3) is 5.69 Å². The number of nitrogen functional groups attached to an aromatic ring is 1. The van der Waals surface area contributed by atoms with E-state index in [1.807, 2.05) is 97.9 Å². The maximum Gasteiger partial charge on any atom is 0.407 e. The smallest absolute Gasteiger partial charge is 0.407 e. The summed E-state index contributed by atoms with van der Waals surface area (Å²) in [6.07, 6.45) is 1.48. The number of ether oxygens (including phenoxy) is 8. The Balaban J connectivity index is 0.000000182. The highest BCUT2D eigenvalue weighted by atomic mass is 16.7. The minimum atomic E-state index is -0.943. The lowest BCUT2D eigenvalue weighted by Gasteiger charge is -2.33. The third kappa shape index (κ3) is 19.1. The van der Waals surface area contributed by atoms with E-state index in [9.17, 15) is 29.9 Å². The first kappa shape index (κ1) is 60.2. The minimum absolute atomic E-state index is 0.0125. The van der Waals surface area contributed by atoms with Crippen LogP contribution < -0.4 is 21.8 Å². The molecule has 436 valence electrons. The third-order valence-electron chi connectivity index (χ3n) is 14.7. The molecule has 4 aromatic rings. The topological polar surface area (TPSA) is 275 Å². The molecule has 0 aliphatic carbocycles. The van der Waals surface area contributed by atoms with E-state index in [1.54, 1.807) is 17.2 Å². The predicted molar refractivity (Wildman–Crippen MR) is 291 cm³/mol. The Morgan fingerprint density at radius 3 is 1.71 bits per heavy atom. The lowest BCUT2D eigenvalue weighted by Crippen LogP contribution is -2.51. The molecule has 0 spiro atoms. The molecule has 7 N–H and O–H groups in total. The number of nitrogens with zero attached hydrogens (tertiary/aromatic N) is 2. The number of aliphatic hydroxyl groups is 2. The number of carbonyl (C=O) groups excluding carboxylic acids is 2. The fourth-order valence-electron chi connectivity index (χ4n) is 10.3. The molecule has 80 heavy (non-hydrogen) atoms. The lowest BCUT2D eigenvalue weighted by atomic mass is 10.0. The van der Waals surface area contributed by atoms with Crippen molar-refractivity contribution in [1.82, 2.24) is 21.2 Å². The van der Waals surface area contributed by atoms with Crippen LogP contribution in [-0.4, -0.2) is 160 Å². The number of alkyl carbamates (subject to hydrolysis) is 2. The summed E-state index contributed by atoms with van der Waals surface area (Å²) >= 11 is 0. The summed E-state index contributed by atoms with van der Waals surface area (Å²) in [5, 5.41) is 39.9. The standard InChI is InChI=1S/C29H39N3O7.C22H32N2O7.C7H7NO2/c30-22-8-4-7-21(15-22)17-32(39-23-9-12-35-13-10-23)18-26(33)25(16-20-5-2-1-3-6-20)31-29(34)38-27-19-37-28-24(27)11-14-36-28;25-19(13-23-31-16-6-9-27-10-7-16)18(12-15-4-2-1-3-5-15)24-22(26)30-20-14-29-21-17(20)8-11-28-21;1-6-3-2-4-7(5-6)8(9)10/h1-8,15,23-28,33H,9-14,16-19,30H2,(H,31,34);1-5,16-21,23,25H,6-14H2,(H,24,26);2-5H,1H3. The summed E-state index contributed by atoms with van der Waals surface area (Å²) in [6, 6.07) is 32.4. The Hall–Kier alpha value is -5.86. The van der Waals surface area contributed by atoms with Crippen molar-refractivity contribution in [2.24, 2.45) is 11.8 Å². The molecule has 10 rings (SSSR count). The fourth-order valence-corrected chi connectivity index (χ4v) is 10.3. The first-order valence-electron chi connectivity index (χ1n) is 27.8. The lowest BCUT2D eigenvalue weighted by molar-refractivity contribution is -0.384. The number of anilines is 1. The Kier molecular flexibility index (Phi) is 23.6. The molecule has 6 heterocycles. The molecule has 10 unspecified atom stereocenters. The molecule has 0 aromatic heterocycles. The molecule has 4 aromatic carbocycles. The van der Waals surface area contributed by atoms with Crippen molar-refractivity contribution in [3.8, 4) is 0 Å². The van der Waals surface area contributed by atoms with E-state index >= 15 is 0 Å². The van der Waals surface area contributed by atoms with Crippen molar-refractivity contribution < 1.29 is 72.3 Å². The number of non-ortho nitro benzene ring substituents is 1. The van der Waals surface area contributed by atoms with Crippen molar-refractivity contribution in [3.05, 3.63) is 142 Å². The van der Waals surface area contributed by atoms with Gasteiger partial charge in [0.15, 0.2) is 12.6 Å². The van der Waals surface area contributed by atoms with Crippen LogP contribution in [0.25, 0.3) is 0 Å². The van der Waals surface area contributed by atoms with E-state index in [-0.39, 0.29) is 67.6 Å². The Bertz CT molecular complexity index is 2490. The molecule has 6 aliphatic rings. The SMILES string of the molecule is Cc1cccc([N+](=O)[O-])c1.Nc1cccc(CN(CC(O)C(Cc2ccccc2)NC(=O)OC2COC3OCCC23)OC2CCOCC2)c1.O=C(NC(Cc1ccccc1)C(O)CNOC1CCOCC1)OC1COC2OCCC12. The molecule has 0 saturated carbocycles. The normalized spacial score (nSPS) is 24.1. The highest BCUT2D eigenvalue weighted by Gasteiger charge is 2.45. The first-order valence-corrected chi connectivity index (χ1v) is 27.8. The number of hydroxylamine groups is 3. The second kappa shape index (κ2) is 31.4. The van der Waals surface area contributed by atoms with Gasteiger partial charge in [0.2, 0.25) is 0 Å².